The zero-order valence-electron chi connectivity index (χ0n) is 15.2. The molecule has 1 saturated heterocycles. The van der Waals surface area contributed by atoms with Crippen LogP contribution in [0.3, 0.4) is 0 Å². The van der Waals surface area contributed by atoms with E-state index in [4.69, 9.17) is 0 Å². The molecule has 1 N–H and O–H groups in total. The lowest BCUT2D eigenvalue weighted by Crippen LogP contribution is -2.54. The summed E-state index contributed by atoms with van der Waals surface area (Å²) in [5.41, 5.74) is -6.01. The van der Waals surface area contributed by atoms with Gasteiger partial charge in [0.2, 0.25) is 0 Å². The Labute approximate surface area is 172 Å². The second-order valence-corrected chi connectivity index (χ2v) is 9.84. The molecule has 0 amide bonds. The van der Waals surface area contributed by atoms with Gasteiger partial charge in [0.25, 0.3) is 15.6 Å². The molecule has 0 aliphatic carbocycles. The number of halogens is 6. The topological polar surface area (TPSA) is 73.2 Å². The smallest absolute Gasteiger partial charge is 0.369 e. The Morgan fingerprint density at radius 3 is 1.90 bits per heavy atom. The molecule has 3 rings (SSSR count). The number of alkyl halides is 6. The maximum atomic E-state index is 13.0. The summed E-state index contributed by atoms with van der Waals surface area (Å²) in [6.07, 6.45) is -11.9. The van der Waals surface area contributed by atoms with Gasteiger partial charge >= 0.3 is 12.4 Å². The van der Waals surface area contributed by atoms with Crippen molar-refractivity contribution in [1.29, 1.82) is 0 Å². The fraction of sp³-hybridized carbons (Fsp3) is 0.562. The summed E-state index contributed by atoms with van der Waals surface area (Å²) < 4.78 is 104. The van der Waals surface area contributed by atoms with Crippen molar-refractivity contribution in [3.63, 3.8) is 0 Å². The van der Waals surface area contributed by atoms with Gasteiger partial charge in [-0.05, 0) is 12.1 Å². The number of benzene rings is 1. The zero-order chi connectivity index (χ0) is 22.4. The van der Waals surface area contributed by atoms with Gasteiger partial charge in [-0.3, -0.25) is 4.99 Å². The number of thioether (sulfide) groups is 1. The lowest BCUT2D eigenvalue weighted by atomic mass is 9.92. The Hall–Kier alpha value is -1.51. The Kier molecular flexibility index (Phi) is 6.08. The molecule has 0 spiro atoms. The molecule has 2 aliphatic rings. The fourth-order valence-electron chi connectivity index (χ4n) is 3.17. The molecule has 168 valence electrons. The highest BCUT2D eigenvalue weighted by Crippen LogP contribution is 2.50. The van der Waals surface area contributed by atoms with Gasteiger partial charge in [-0.2, -0.15) is 30.6 Å². The van der Waals surface area contributed by atoms with Crippen LogP contribution in [0, 0.1) is 0 Å². The first kappa shape index (κ1) is 23.2. The van der Waals surface area contributed by atoms with Crippen LogP contribution in [0.1, 0.15) is 5.56 Å². The molecule has 0 saturated carbocycles. The number of anilines is 1. The van der Waals surface area contributed by atoms with Crippen LogP contribution < -0.4 is 4.90 Å². The first-order valence-corrected chi connectivity index (χ1v) is 11.1. The van der Waals surface area contributed by atoms with E-state index in [-0.39, 0.29) is 30.6 Å². The lowest BCUT2D eigenvalue weighted by Gasteiger charge is -2.36. The second-order valence-electron chi connectivity index (χ2n) is 6.64. The quantitative estimate of drug-likeness (QED) is 0.678. The van der Waals surface area contributed by atoms with Crippen LogP contribution in [0.4, 0.5) is 32.0 Å². The summed E-state index contributed by atoms with van der Waals surface area (Å²) in [4.78, 5) is 5.60. The predicted molar refractivity (Wildman–Crippen MR) is 99.9 cm³/mol. The second kappa shape index (κ2) is 7.88. The third-order valence-corrected chi connectivity index (χ3v) is 8.19. The molecule has 30 heavy (non-hydrogen) atoms. The summed E-state index contributed by atoms with van der Waals surface area (Å²) in [6, 6.07) is 3.23. The molecule has 1 aromatic rings. The maximum absolute atomic E-state index is 13.0. The molecule has 0 unspecified atom stereocenters. The van der Waals surface area contributed by atoms with Crippen molar-refractivity contribution in [2.24, 2.45) is 4.99 Å². The van der Waals surface area contributed by atoms with Crippen LogP contribution >= 0.6 is 11.8 Å². The van der Waals surface area contributed by atoms with E-state index >= 15 is 0 Å². The number of hydrogen-bond donors (Lipinski definition) is 1. The molecule has 1 aromatic carbocycles. The van der Waals surface area contributed by atoms with Gasteiger partial charge in [-0.15, -0.1) is 0 Å². The van der Waals surface area contributed by atoms with Crippen molar-refractivity contribution in [2.75, 3.05) is 43.4 Å². The molecule has 0 atom stereocenters. The zero-order valence-corrected chi connectivity index (χ0v) is 16.9. The number of piperazine rings is 1. The number of sulfonamides is 1. The van der Waals surface area contributed by atoms with Crippen LogP contribution in [0.2, 0.25) is 0 Å². The van der Waals surface area contributed by atoms with Gasteiger partial charge in [0.05, 0.1) is 6.54 Å². The van der Waals surface area contributed by atoms with E-state index in [1.807, 2.05) is 0 Å². The molecule has 2 aliphatic heterocycles. The molecular formula is C16H17F6N3O3S2. The summed E-state index contributed by atoms with van der Waals surface area (Å²) in [7, 11) is -3.69. The monoisotopic (exact) mass is 477 g/mol. The number of rotatable bonds is 3. The summed E-state index contributed by atoms with van der Waals surface area (Å²) in [6.45, 7) is 1.00. The average Bonchev–Trinajstić information content (AvgIpc) is 3.21. The van der Waals surface area contributed by atoms with E-state index in [0.29, 0.717) is 30.1 Å². The van der Waals surface area contributed by atoms with Crippen molar-refractivity contribution in [1.82, 2.24) is 4.31 Å². The van der Waals surface area contributed by atoms with Crippen LogP contribution in [0.15, 0.2) is 29.3 Å². The third kappa shape index (κ3) is 4.01. The van der Waals surface area contributed by atoms with Crippen molar-refractivity contribution in [3.05, 3.63) is 29.8 Å². The molecule has 0 aromatic heterocycles. The molecule has 0 bridgehead atoms. The van der Waals surface area contributed by atoms with E-state index in [1.165, 1.54) is 4.31 Å². The number of aliphatic imine (C=N–C) groups is 1. The maximum Gasteiger partial charge on any atom is 0.430 e. The SMILES string of the molecule is O=S(=O)(C1=NCCS1)N1CCN(c2ccc(C(O)(C(F)(F)F)C(F)(F)F)cc2)CC1. The minimum atomic E-state index is -5.95. The Morgan fingerprint density at radius 2 is 1.47 bits per heavy atom. The van der Waals surface area contributed by atoms with E-state index in [0.717, 1.165) is 23.9 Å². The molecule has 6 nitrogen and oxygen atoms in total. The average molecular weight is 477 g/mol. The van der Waals surface area contributed by atoms with Gasteiger partial charge in [-0.1, -0.05) is 23.9 Å². The standard InChI is InChI=1S/C16H17F6N3O3S2/c17-15(18,19)14(26,16(20,21)22)11-1-3-12(4-2-11)24-6-8-25(9-7-24)30(27,28)13-23-5-10-29-13/h1-4,26H,5-10H2. The van der Waals surface area contributed by atoms with Gasteiger partial charge in [0, 0.05) is 43.2 Å². The molecule has 14 heteroatoms. The Morgan fingerprint density at radius 1 is 0.933 bits per heavy atom. The normalized spacial score (nSPS) is 19.8. The largest absolute Gasteiger partial charge is 0.430 e. The molecule has 0 radical (unpaired) electrons. The number of nitrogens with zero attached hydrogens (tertiary/aromatic N) is 3. The first-order valence-electron chi connectivity index (χ1n) is 8.67. The number of hydrogen-bond acceptors (Lipinski definition) is 6. The van der Waals surface area contributed by atoms with Crippen LogP contribution in [0.5, 0.6) is 0 Å². The van der Waals surface area contributed by atoms with Crippen LogP contribution in [0.25, 0.3) is 0 Å². The van der Waals surface area contributed by atoms with Gasteiger partial charge in [0.15, 0.2) is 4.38 Å². The Bertz CT molecular complexity index is 894. The predicted octanol–water partition coefficient (Wildman–Crippen LogP) is 2.55. The lowest BCUT2D eigenvalue weighted by molar-refractivity contribution is -0.376. The van der Waals surface area contributed by atoms with Crippen LogP contribution in [-0.4, -0.2) is 73.0 Å². The minimum Gasteiger partial charge on any atom is -0.369 e. The Balaban J connectivity index is 1.74. The highest BCUT2D eigenvalue weighted by atomic mass is 32.3. The van der Waals surface area contributed by atoms with Crippen molar-refractivity contribution >= 4 is 31.8 Å². The van der Waals surface area contributed by atoms with Crippen molar-refractivity contribution in [3.8, 4) is 0 Å². The van der Waals surface area contributed by atoms with E-state index < -0.39 is 33.5 Å². The molecule has 2 heterocycles. The fourth-order valence-corrected chi connectivity index (χ4v) is 5.99. The van der Waals surface area contributed by atoms with Crippen LogP contribution in [-0.2, 0) is 15.6 Å². The molecule has 1 fully saturated rings. The molecular weight excluding hydrogens is 460 g/mol. The highest BCUT2D eigenvalue weighted by molar-refractivity contribution is 8.34. The summed E-state index contributed by atoms with van der Waals surface area (Å²) >= 11 is 1.15. The minimum absolute atomic E-state index is 0.0545. The van der Waals surface area contributed by atoms with Gasteiger partial charge < -0.3 is 10.0 Å². The van der Waals surface area contributed by atoms with Gasteiger partial charge in [0.1, 0.15) is 0 Å². The number of aliphatic hydroxyl groups is 1. The van der Waals surface area contributed by atoms with E-state index in [1.54, 1.807) is 4.90 Å². The first-order chi connectivity index (χ1) is 13.8. The van der Waals surface area contributed by atoms with Crippen molar-refractivity contribution in [2.45, 2.75) is 18.0 Å². The van der Waals surface area contributed by atoms with Crippen molar-refractivity contribution < 1.29 is 39.9 Å². The van der Waals surface area contributed by atoms with E-state index in [2.05, 4.69) is 4.99 Å². The highest BCUT2D eigenvalue weighted by Gasteiger charge is 2.71. The van der Waals surface area contributed by atoms with E-state index in [9.17, 15) is 39.9 Å². The van der Waals surface area contributed by atoms with Gasteiger partial charge in [-0.25, -0.2) is 8.42 Å². The third-order valence-electron chi connectivity index (χ3n) is 4.83. The summed E-state index contributed by atoms with van der Waals surface area (Å²) in [5, 5.41) is 9.43. The summed E-state index contributed by atoms with van der Waals surface area (Å²) in [5.74, 6) is 0.586.